The third kappa shape index (κ3) is 2.68. The summed E-state index contributed by atoms with van der Waals surface area (Å²) in [6.45, 7) is 3.50. The van der Waals surface area contributed by atoms with E-state index in [4.69, 9.17) is 0 Å². The van der Waals surface area contributed by atoms with E-state index >= 15 is 0 Å². The van der Waals surface area contributed by atoms with Crippen LogP contribution in [0.1, 0.15) is 12.7 Å². The van der Waals surface area contributed by atoms with E-state index in [0.717, 1.165) is 18.2 Å². The molecule has 0 spiro atoms. The van der Waals surface area contributed by atoms with Gasteiger partial charge in [0.1, 0.15) is 12.1 Å². The van der Waals surface area contributed by atoms with Crippen molar-refractivity contribution < 1.29 is 0 Å². The van der Waals surface area contributed by atoms with Crippen molar-refractivity contribution >= 4 is 11.8 Å². The molecule has 0 unspecified atom stereocenters. The zero-order chi connectivity index (χ0) is 12.1. The van der Waals surface area contributed by atoms with Gasteiger partial charge in [-0.05, 0) is 13.0 Å². The normalized spacial score (nSPS) is 10.2. The van der Waals surface area contributed by atoms with Crippen LogP contribution in [0.4, 0.5) is 11.8 Å². The van der Waals surface area contributed by atoms with Gasteiger partial charge in [-0.25, -0.2) is 4.98 Å². The van der Waals surface area contributed by atoms with Gasteiger partial charge >= 0.3 is 0 Å². The van der Waals surface area contributed by atoms with Gasteiger partial charge < -0.3 is 15.2 Å². The van der Waals surface area contributed by atoms with E-state index in [0.29, 0.717) is 12.5 Å². The molecule has 7 heteroatoms. The van der Waals surface area contributed by atoms with Crippen LogP contribution >= 0.6 is 0 Å². The van der Waals surface area contributed by atoms with E-state index in [1.807, 2.05) is 10.6 Å². The van der Waals surface area contributed by atoms with Crippen LogP contribution in [0.2, 0.25) is 0 Å². The van der Waals surface area contributed by atoms with Crippen LogP contribution < -0.4 is 10.6 Å². The summed E-state index contributed by atoms with van der Waals surface area (Å²) in [6, 6.07) is 1.81. The third-order valence-electron chi connectivity index (χ3n) is 2.34. The van der Waals surface area contributed by atoms with Crippen molar-refractivity contribution in [3.05, 3.63) is 24.4 Å². The summed E-state index contributed by atoms with van der Waals surface area (Å²) in [7, 11) is 1.78. The molecule has 0 saturated carbocycles. The molecule has 0 fully saturated rings. The largest absolute Gasteiger partial charge is 0.363 e. The number of hydrogen-bond acceptors (Lipinski definition) is 6. The summed E-state index contributed by atoms with van der Waals surface area (Å²) >= 11 is 0. The topological polar surface area (TPSA) is 80.5 Å². The summed E-state index contributed by atoms with van der Waals surface area (Å²) in [5.74, 6) is 2.24. The Labute approximate surface area is 99.3 Å². The predicted molar refractivity (Wildman–Crippen MR) is 64.6 cm³/mol. The molecule has 0 bridgehead atoms. The second kappa shape index (κ2) is 5.24. The van der Waals surface area contributed by atoms with Gasteiger partial charge in [-0.2, -0.15) is 4.98 Å². The van der Waals surface area contributed by atoms with Crippen molar-refractivity contribution in [2.24, 2.45) is 0 Å². The molecule has 2 rings (SSSR count). The summed E-state index contributed by atoms with van der Waals surface area (Å²) in [4.78, 5) is 8.30. The fourth-order valence-corrected chi connectivity index (χ4v) is 1.43. The fourth-order valence-electron chi connectivity index (χ4n) is 1.43. The fraction of sp³-hybridized carbons (Fsp3) is 0.400. The van der Waals surface area contributed by atoms with Gasteiger partial charge in [0.05, 0.1) is 6.54 Å². The first-order valence-electron chi connectivity index (χ1n) is 5.45. The summed E-state index contributed by atoms with van der Waals surface area (Å²) < 4.78 is 1.98. The number of aryl methyl sites for hydroxylation is 1. The zero-order valence-corrected chi connectivity index (χ0v) is 9.88. The lowest BCUT2D eigenvalue weighted by Gasteiger charge is -2.06. The monoisotopic (exact) mass is 233 g/mol. The Balaban J connectivity index is 2.02. The Morgan fingerprint density at radius 1 is 1.41 bits per heavy atom. The molecule has 0 saturated heterocycles. The third-order valence-corrected chi connectivity index (χ3v) is 2.34. The van der Waals surface area contributed by atoms with Crippen LogP contribution in [0.5, 0.6) is 0 Å². The minimum atomic E-state index is 0.590. The Morgan fingerprint density at radius 2 is 2.29 bits per heavy atom. The zero-order valence-electron chi connectivity index (χ0n) is 9.88. The van der Waals surface area contributed by atoms with Crippen LogP contribution in [0.25, 0.3) is 0 Å². The number of aromatic nitrogens is 5. The summed E-state index contributed by atoms with van der Waals surface area (Å²) in [5, 5.41) is 14.0. The lowest BCUT2D eigenvalue weighted by molar-refractivity contribution is 0.707. The average molecular weight is 233 g/mol. The molecule has 90 valence electrons. The maximum Gasteiger partial charge on any atom is 0.224 e. The van der Waals surface area contributed by atoms with E-state index in [-0.39, 0.29) is 0 Å². The molecule has 0 aliphatic carbocycles. The van der Waals surface area contributed by atoms with Crippen LogP contribution in [-0.2, 0) is 13.1 Å². The van der Waals surface area contributed by atoms with E-state index in [2.05, 4.69) is 37.7 Å². The van der Waals surface area contributed by atoms with Gasteiger partial charge in [0.25, 0.3) is 0 Å². The maximum absolute atomic E-state index is 4.26. The summed E-state index contributed by atoms with van der Waals surface area (Å²) in [6.07, 6.45) is 3.42. The highest BCUT2D eigenvalue weighted by Crippen LogP contribution is 2.06. The van der Waals surface area contributed by atoms with Crippen LogP contribution in [0.15, 0.2) is 18.6 Å². The van der Waals surface area contributed by atoms with Gasteiger partial charge in [-0.15, -0.1) is 10.2 Å². The Morgan fingerprint density at radius 3 is 3.06 bits per heavy atom. The Hall–Kier alpha value is -2.18. The first-order chi connectivity index (χ1) is 8.33. The minimum Gasteiger partial charge on any atom is -0.363 e. The van der Waals surface area contributed by atoms with Crippen molar-refractivity contribution in [3.8, 4) is 0 Å². The van der Waals surface area contributed by atoms with Gasteiger partial charge in [-0.3, -0.25) is 0 Å². The molecule has 2 N–H and O–H groups in total. The van der Waals surface area contributed by atoms with Gasteiger partial charge in [0.15, 0.2) is 5.82 Å². The van der Waals surface area contributed by atoms with Crippen LogP contribution in [-0.4, -0.2) is 31.8 Å². The Kier molecular flexibility index (Phi) is 3.49. The lowest BCUT2D eigenvalue weighted by atomic mass is 10.5. The molecule has 2 aromatic heterocycles. The highest BCUT2D eigenvalue weighted by Gasteiger charge is 2.03. The quantitative estimate of drug-likeness (QED) is 0.793. The van der Waals surface area contributed by atoms with Crippen molar-refractivity contribution in [3.63, 3.8) is 0 Å². The molecule has 2 aromatic rings. The number of anilines is 2. The maximum atomic E-state index is 4.26. The lowest BCUT2D eigenvalue weighted by Crippen LogP contribution is -2.09. The first kappa shape index (κ1) is 11.3. The van der Waals surface area contributed by atoms with Crippen molar-refractivity contribution in [1.29, 1.82) is 0 Å². The van der Waals surface area contributed by atoms with Crippen LogP contribution in [0.3, 0.4) is 0 Å². The molecule has 0 radical (unpaired) electrons. The van der Waals surface area contributed by atoms with E-state index in [1.165, 1.54) is 0 Å². The molecule has 0 aliphatic rings. The highest BCUT2D eigenvalue weighted by molar-refractivity contribution is 5.39. The van der Waals surface area contributed by atoms with Gasteiger partial charge in [-0.1, -0.05) is 0 Å². The average Bonchev–Trinajstić information content (AvgIpc) is 2.84. The van der Waals surface area contributed by atoms with Gasteiger partial charge in [0, 0.05) is 19.8 Å². The van der Waals surface area contributed by atoms with Crippen LogP contribution in [0, 0.1) is 0 Å². The van der Waals surface area contributed by atoms with Crippen molar-refractivity contribution in [1.82, 2.24) is 24.7 Å². The van der Waals surface area contributed by atoms with Gasteiger partial charge in [0.2, 0.25) is 5.95 Å². The van der Waals surface area contributed by atoms with E-state index in [1.54, 1.807) is 19.6 Å². The number of nitrogens with zero attached hydrogens (tertiary/aromatic N) is 5. The highest BCUT2D eigenvalue weighted by atomic mass is 15.3. The van der Waals surface area contributed by atoms with Crippen molar-refractivity contribution in [2.75, 3.05) is 17.7 Å². The standard InChI is InChI=1S/C10H15N7/c1-3-17-7-14-16-9(17)6-13-8-4-5-12-10(11-2)15-8/h4-5,7H,3,6H2,1-2H3,(H2,11,12,13,15). The second-order valence-electron chi connectivity index (χ2n) is 3.40. The number of nitrogens with one attached hydrogen (secondary N) is 2. The molecule has 0 aromatic carbocycles. The number of hydrogen-bond donors (Lipinski definition) is 2. The molecular weight excluding hydrogens is 218 g/mol. The smallest absolute Gasteiger partial charge is 0.224 e. The van der Waals surface area contributed by atoms with E-state index in [9.17, 15) is 0 Å². The van der Waals surface area contributed by atoms with E-state index < -0.39 is 0 Å². The summed E-state index contributed by atoms with van der Waals surface area (Å²) in [5.41, 5.74) is 0. The molecule has 0 atom stereocenters. The predicted octanol–water partition coefficient (Wildman–Crippen LogP) is 0.742. The molecular formula is C10H15N7. The SMILES string of the molecule is CCn1cnnc1CNc1ccnc(NC)n1. The Bertz CT molecular complexity index is 479. The second-order valence-corrected chi connectivity index (χ2v) is 3.40. The molecule has 0 amide bonds. The van der Waals surface area contributed by atoms with Crippen molar-refractivity contribution in [2.45, 2.75) is 20.0 Å². The molecule has 0 aliphatic heterocycles. The minimum absolute atomic E-state index is 0.590. The molecule has 7 nitrogen and oxygen atoms in total. The molecule has 2 heterocycles. The number of rotatable bonds is 5. The first-order valence-corrected chi connectivity index (χ1v) is 5.45. The molecule has 17 heavy (non-hydrogen) atoms.